The first-order valence-electron chi connectivity index (χ1n) is 6.11. The number of rotatable bonds is 2. The predicted molar refractivity (Wildman–Crippen MR) is 76.7 cm³/mol. The third kappa shape index (κ3) is 1.98. The molecule has 0 bridgehead atoms. The van der Waals surface area contributed by atoms with Gasteiger partial charge in [0, 0.05) is 12.7 Å². The Bertz CT molecular complexity index is 808. The van der Waals surface area contributed by atoms with Crippen LogP contribution < -0.4 is 0 Å². The van der Waals surface area contributed by atoms with E-state index >= 15 is 0 Å². The number of aryl methyl sites for hydroxylation is 3. The number of hydrogen-bond acceptors (Lipinski definition) is 3. The minimum Gasteiger partial charge on any atom is -0.328 e. The minimum atomic E-state index is 0.652. The standard InChI is InChI=1S/C13H15N5S/c1-8-5-4-6-10(14-8)7-18-12-11(15-13(18)19)9(2)16-17(12)3/h4-6H,7H2,1-3H3,(H,15,19). The van der Waals surface area contributed by atoms with Crippen LogP contribution in [0.5, 0.6) is 0 Å². The molecular formula is C13H15N5S. The van der Waals surface area contributed by atoms with Crippen molar-refractivity contribution in [2.24, 2.45) is 7.05 Å². The molecule has 19 heavy (non-hydrogen) atoms. The molecule has 5 nitrogen and oxygen atoms in total. The molecule has 0 atom stereocenters. The lowest BCUT2D eigenvalue weighted by atomic mass is 10.3. The van der Waals surface area contributed by atoms with E-state index in [0.29, 0.717) is 11.3 Å². The SMILES string of the molecule is Cc1cccc(Cn2c(=S)[nH]c3c(C)nn(C)c32)n1. The fourth-order valence-corrected chi connectivity index (χ4v) is 2.62. The van der Waals surface area contributed by atoms with Crippen LogP contribution in [0, 0.1) is 18.6 Å². The Labute approximate surface area is 115 Å². The predicted octanol–water partition coefficient (Wildman–Crippen LogP) is 2.49. The van der Waals surface area contributed by atoms with Gasteiger partial charge in [-0.1, -0.05) is 6.07 Å². The summed E-state index contributed by atoms with van der Waals surface area (Å²) in [5.41, 5.74) is 4.97. The molecule has 0 fully saturated rings. The molecule has 1 N–H and O–H groups in total. The highest BCUT2D eigenvalue weighted by Crippen LogP contribution is 2.18. The van der Waals surface area contributed by atoms with Gasteiger partial charge in [-0.2, -0.15) is 5.10 Å². The molecule has 0 saturated carbocycles. The summed E-state index contributed by atoms with van der Waals surface area (Å²) < 4.78 is 4.59. The highest BCUT2D eigenvalue weighted by Gasteiger charge is 2.13. The van der Waals surface area contributed by atoms with Crippen LogP contribution in [-0.2, 0) is 13.6 Å². The Kier molecular flexibility index (Phi) is 2.74. The Balaban J connectivity index is 2.15. The Morgan fingerprint density at radius 2 is 2.11 bits per heavy atom. The molecule has 0 aliphatic carbocycles. The highest BCUT2D eigenvalue weighted by molar-refractivity contribution is 7.71. The molecule has 3 aromatic heterocycles. The highest BCUT2D eigenvalue weighted by atomic mass is 32.1. The summed E-state index contributed by atoms with van der Waals surface area (Å²) in [6.07, 6.45) is 0. The molecule has 0 aromatic carbocycles. The molecule has 0 amide bonds. The molecule has 0 unspecified atom stereocenters. The van der Waals surface area contributed by atoms with Crippen molar-refractivity contribution in [1.82, 2.24) is 24.3 Å². The molecule has 0 aliphatic heterocycles. The van der Waals surface area contributed by atoms with Gasteiger partial charge in [0.15, 0.2) is 10.4 Å². The number of nitrogens with zero attached hydrogens (tertiary/aromatic N) is 4. The smallest absolute Gasteiger partial charge is 0.179 e. The van der Waals surface area contributed by atoms with Crippen LogP contribution in [0.25, 0.3) is 11.2 Å². The van der Waals surface area contributed by atoms with E-state index in [9.17, 15) is 0 Å². The molecule has 0 radical (unpaired) electrons. The Hall–Kier alpha value is -1.95. The summed E-state index contributed by atoms with van der Waals surface area (Å²) >= 11 is 5.40. The van der Waals surface area contributed by atoms with Crippen molar-refractivity contribution in [3.05, 3.63) is 40.1 Å². The number of fused-ring (bicyclic) bond motifs is 1. The van der Waals surface area contributed by atoms with Gasteiger partial charge in [0.05, 0.1) is 17.9 Å². The van der Waals surface area contributed by atoms with Crippen molar-refractivity contribution in [2.75, 3.05) is 0 Å². The number of H-pyrrole nitrogens is 1. The molecule has 98 valence electrons. The number of pyridine rings is 1. The van der Waals surface area contributed by atoms with E-state index in [4.69, 9.17) is 12.2 Å². The largest absolute Gasteiger partial charge is 0.328 e. The molecule has 6 heteroatoms. The van der Waals surface area contributed by atoms with E-state index < -0.39 is 0 Å². The topological polar surface area (TPSA) is 51.4 Å². The summed E-state index contributed by atoms with van der Waals surface area (Å²) in [6.45, 7) is 4.62. The molecule has 0 aliphatic rings. The van der Waals surface area contributed by atoms with Crippen LogP contribution in [0.3, 0.4) is 0 Å². The van der Waals surface area contributed by atoms with Crippen molar-refractivity contribution in [3.63, 3.8) is 0 Å². The summed E-state index contributed by atoms with van der Waals surface area (Å²) in [5.74, 6) is 0. The zero-order chi connectivity index (χ0) is 13.6. The molecule has 3 heterocycles. The van der Waals surface area contributed by atoms with Gasteiger partial charge in [-0.25, -0.2) is 0 Å². The lowest BCUT2D eigenvalue weighted by Gasteiger charge is -2.05. The number of imidazole rings is 1. The van der Waals surface area contributed by atoms with Crippen LogP contribution in [0.2, 0.25) is 0 Å². The monoisotopic (exact) mass is 273 g/mol. The van der Waals surface area contributed by atoms with Crippen LogP contribution in [0.1, 0.15) is 17.1 Å². The molecule has 3 rings (SSSR count). The summed E-state index contributed by atoms with van der Waals surface area (Å²) in [4.78, 5) is 7.74. The summed E-state index contributed by atoms with van der Waals surface area (Å²) in [6, 6.07) is 6.01. The second-order valence-corrected chi connectivity index (χ2v) is 5.08. The molecular weight excluding hydrogens is 258 g/mol. The zero-order valence-electron chi connectivity index (χ0n) is 11.1. The van der Waals surface area contributed by atoms with Crippen LogP contribution in [-0.4, -0.2) is 24.3 Å². The summed E-state index contributed by atoms with van der Waals surface area (Å²) in [7, 11) is 1.93. The van der Waals surface area contributed by atoms with Gasteiger partial charge in [0.1, 0.15) is 5.52 Å². The average molecular weight is 273 g/mol. The molecule has 0 saturated heterocycles. The van der Waals surface area contributed by atoms with E-state index in [1.165, 1.54) is 0 Å². The first-order chi connectivity index (χ1) is 9.06. The van der Waals surface area contributed by atoms with Crippen molar-refractivity contribution >= 4 is 23.4 Å². The van der Waals surface area contributed by atoms with Crippen molar-refractivity contribution in [2.45, 2.75) is 20.4 Å². The average Bonchev–Trinajstić information content (AvgIpc) is 2.80. The second kappa shape index (κ2) is 4.31. The van der Waals surface area contributed by atoms with Crippen molar-refractivity contribution < 1.29 is 0 Å². The maximum Gasteiger partial charge on any atom is 0.179 e. The lowest BCUT2D eigenvalue weighted by Crippen LogP contribution is -2.06. The minimum absolute atomic E-state index is 0.652. The van der Waals surface area contributed by atoms with Gasteiger partial charge in [0.25, 0.3) is 0 Å². The van der Waals surface area contributed by atoms with Gasteiger partial charge in [-0.15, -0.1) is 0 Å². The van der Waals surface area contributed by atoms with Gasteiger partial charge >= 0.3 is 0 Å². The van der Waals surface area contributed by atoms with E-state index in [1.54, 1.807) is 0 Å². The Morgan fingerprint density at radius 1 is 1.32 bits per heavy atom. The van der Waals surface area contributed by atoms with Crippen LogP contribution in [0.15, 0.2) is 18.2 Å². The van der Waals surface area contributed by atoms with Crippen LogP contribution in [0.4, 0.5) is 0 Å². The first kappa shape index (κ1) is 12.1. The molecule has 0 spiro atoms. The number of nitrogens with one attached hydrogen (secondary N) is 1. The first-order valence-corrected chi connectivity index (χ1v) is 6.52. The van der Waals surface area contributed by atoms with E-state index in [2.05, 4.69) is 15.1 Å². The lowest BCUT2D eigenvalue weighted by molar-refractivity contribution is 0.706. The van der Waals surface area contributed by atoms with E-state index in [-0.39, 0.29) is 0 Å². The second-order valence-electron chi connectivity index (χ2n) is 4.69. The summed E-state index contributed by atoms with van der Waals surface area (Å²) in [5, 5.41) is 4.41. The van der Waals surface area contributed by atoms with Gasteiger partial charge in [0.2, 0.25) is 0 Å². The third-order valence-electron chi connectivity index (χ3n) is 3.19. The third-order valence-corrected chi connectivity index (χ3v) is 3.51. The van der Waals surface area contributed by atoms with E-state index in [0.717, 1.165) is 28.2 Å². The molecule has 3 aromatic rings. The number of aromatic amines is 1. The van der Waals surface area contributed by atoms with Gasteiger partial charge in [-0.3, -0.25) is 14.2 Å². The van der Waals surface area contributed by atoms with Gasteiger partial charge < -0.3 is 4.98 Å². The van der Waals surface area contributed by atoms with E-state index in [1.807, 2.05) is 48.3 Å². The maximum atomic E-state index is 5.40. The number of hydrogen-bond donors (Lipinski definition) is 1. The Morgan fingerprint density at radius 3 is 2.84 bits per heavy atom. The zero-order valence-corrected chi connectivity index (χ0v) is 12.0. The van der Waals surface area contributed by atoms with Gasteiger partial charge in [-0.05, 0) is 38.2 Å². The quantitative estimate of drug-likeness (QED) is 0.730. The van der Waals surface area contributed by atoms with Crippen LogP contribution >= 0.6 is 12.2 Å². The maximum absolute atomic E-state index is 5.40. The fourth-order valence-electron chi connectivity index (χ4n) is 2.37. The number of aromatic nitrogens is 5. The van der Waals surface area contributed by atoms with Crippen molar-refractivity contribution in [3.8, 4) is 0 Å². The van der Waals surface area contributed by atoms with Crippen molar-refractivity contribution in [1.29, 1.82) is 0 Å². The fraction of sp³-hybridized carbons (Fsp3) is 0.308. The normalized spacial score (nSPS) is 11.3.